The second-order valence-electron chi connectivity index (χ2n) is 4.69. The van der Waals surface area contributed by atoms with E-state index in [4.69, 9.17) is 4.42 Å². The molecule has 0 amide bonds. The number of oxazole rings is 1. The van der Waals surface area contributed by atoms with E-state index >= 15 is 0 Å². The molecule has 2 aromatic rings. The van der Waals surface area contributed by atoms with Crippen molar-refractivity contribution >= 4 is 11.1 Å². The van der Waals surface area contributed by atoms with Crippen LogP contribution in [0, 0.1) is 13.8 Å². The first-order valence-corrected chi connectivity index (χ1v) is 5.82. The maximum atomic E-state index is 5.76. The normalized spacial score (nSPS) is 15.9. The molecule has 0 bridgehead atoms. The number of aryl methyl sites for hydroxylation is 2. The van der Waals surface area contributed by atoms with E-state index in [9.17, 15) is 0 Å². The Balaban J connectivity index is 1.91. The Hall–Kier alpha value is -1.35. The fraction of sp³-hybridized carbons (Fsp3) is 0.462. The average Bonchev–Trinajstić information content (AvgIpc) is 2.96. The summed E-state index contributed by atoms with van der Waals surface area (Å²) in [5.74, 6) is 0.801. The highest BCUT2D eigenvalue weighted by molar-refractivity contribution is 5.77. The lowest BCUT2D eigenvalue weighted by Crippen LogP contribution is -2.15. The predicted molar refractivity (Wildman–Crippen MR) is 63.3 cm³/mol. The number of hydrogen-bond donors (Lipinski definition) is 1. The van der Waals surface area contributed by atoms with Gasteiger partial charge in [-0.3, -0.25) is 0 Å². The lowest BCUT2D eigenvalue weighted by molar-refractivity contribution is 0.493. The minimum Gasteiger partial charge on any atom is -0.439 e. The van der Waals surface area contributed by atoms with E-state index in [1.165, 1.54) is 24.0 Å². The van der Waals surface area contributed by atoms with Crippen LogP contribution in [0.4, 0.5) is 0 Å². The summed E-state index contributed by atoms with van der Waals surface area (Å²) in [5, 5.41) is 3.41. The Labute approximate surface area is 94.9 Å². The average molecular weight is 216 g/mol. The summed E-state index contributed by atoms with van der Waals surface area (Å²) in [5.41, 5.74) is 4.31. The molecule has 1 aromatic carbocycles. The summed E-state index contributed by atoms with van der Waals surface area (Å²) in [6.45, 7) is 4.90. The standard InChI is InChI=1S/C13H16N2O/c1-8-5-9(2)13-11(6-8)15-12(16-13)7-14-10-3-4-10/h5-6,10,14H,3-4,7H2,1-2H3. The Bertz CT molecular complexity index is 526. The van der Waals surface area contributed by atoms with Crippen molar-refractivity contribution in [1.29, 1.82) is 0 Å². The molecule has 1 saturated carbocycles. The second-order valence-corrected chi connectivity index (χ2v) is 4.69. The van der Waals surface area contributed by atoms with Gasteiger partial charge in [-0.05, 0) is 43.9 Å². The van der Waals surface area contributed by atoms with Gasteiger partial charge in [0.1, 0.15) is 5.52 Å². The Kier molecular flexibility index (Phi) is 2.21. The zero-order valence-electron chi connectivity index (χ0n) is 9.71. The molecular weight excluding hydrogens is 200 g/mol. The van der Waals surface area contributed by atoms with Gasteiger partial charge in [-0.1, -0.05) is 6.07 Å². The van der Waals surface area contributed by atoms with E-state index in [-0.39, 0.29) is 0 Å². The van der Waals surface area contributed by atoms with Crippen molar-refractivity contribution in [3.8, 4) is 0 Å². The fourth-order valence-corrected chi connectivity index (χ4v) is 2.02. The first-order chi connectivity index (χ1) is 7.72. The molecule has 1 heterocycles. The zero-order valence-corrected chi connectivity index (χ0v) is 9.71. The highest BCUT2D eigenvalue weighted by Gasteiger charge is 2.21. The molecule has 0 unspecified atom stereocenters. The van der Waals surface area contributed by atoms with Crippen molar-refractivity contribution in [2.75, 3.05) is 0 Å². The molecule has 1 aliphatic rings. The largest absolute Gasteiger partial charge is 0.439 e. The van der Waals surface area contributed by atoms with Crippen molar-refractivity contribution in [3.05, 3.63) is 29.2 Å². The topological polar surface area (TPSA) is 38.1 Å². The molecule has 3 nitrogen and oxygen atoms in total. The molecule has 1 aromatic heterocycles. The lowest BCUT2D eigenvalue weighted by Gasteiger charge is -1.96. The smallest absolute Gasteiger partial charge is 0.209 e. The lowest BCUT2D eigenvalue weighted by atomic mass is 10.1. The van der Waals surface area contributed by atoms with Gasteiger partial charge in [0, 0.05) is 6.04 Å². The second kappa shape index (κ2) is 3.59. The van der Waals surface area contributed by atoms with Crippen molar-refractivity contribution in [2.24, 2.45) is 0 Å². The van der Waals surface area contributed by atoms with Crippen LogP contribution in [0.1, 0.15) is 29.9 Å². The van der Waals surface area contributed by atoms with E-state index in [1.54, 1.807) is 0 Å². The maximum Gasteiger partial charge on any atom is 0.209 e. The number of aromatic nitrogens is 1. The fourth-order valence-electron chi connectivity index (χ4n) is 2.02. The van der Waals surface area contributed by atoms with Crippen LogP contribution in [0.25, 0.3) is 11.1 Å². The van der Waals surface area contributed by atoms with Gasteiger partial charge < -0.3 is 9.73 Å². The summed E-state index contributed by atoms with van der Waals surface area (Å²) in [6, 6.07) is 4.90. The highest BCUT2D eigenvalue weighted by Crippen LogP contribution is 2.23. The molecule has 3 heteroatoms. The molecule has 0 atom stereocenters. The SMILES string of the molecule is Cc1cc(C)c2oc(CNC3CC3)nc2c1. The van der Waals surface area contributed by atoms with Crippen LogP contribution < -0.4 is 5.32 Å². The van der Waals surface area contributed by atoms with Gasteiger partial charge >= 0.3 is 0 Å². The zero-order chi connectivity index (χ0) is 11.1. The van der Waals surface area contributed by atoms with E-state index in [0.717, 1.165) is 23.5 Å². The molecule has 16 heavy (non-hydrogen) atoms. The van der Waals surface area contributed by atoms with Crippen LogP contribution in [0.15, 0.2) is 16.5 Å². The maximum absolute atomic E-state index is 5.76. The summed E-state index contributed by atoms with van der Waals surface area (Å²) in [7, 11) is 0. The number of nitrogens with one attached hydrogen (secondary N) is 1. The minimum atomic E-state index is 0.692. The van der Waals surface area contributed by atoms with Gasteiger partial charge in [-0.25, -0.2) is 4.98 Å². The van der Waals surface area contributed by atoms with Gasteiger partial charge in [-0.15, -0.1) is 0 Å². The first kappa shape index (κ1) is 9.85. The number of nitrogens with zero attached hydrogens (tertiary/aromatic N) is 1. The van der Waals surface area contributed by atoms with E-state index in [1.807, 2.05) is 0 Å². The summed E-state index contributed by atoms with van der Waals surface area (Å²) < 4.78 is 5.76. The molecule has 0 aliphatic heterocycles. The Morgan fingerprint density at radius 1 is 1.38 bits per heavy atom. The van der Waals surface area contributed by atoms with Crippen LogP contribution in [0.3, 0.4) is 0 Å². The summed E-state index contributed by atoms with van der Waals surface area (Å²) >= 11 is 0. The highest BCUT2D eigenvalue weighted by atomic mass is 16.3. The molecule has 3 rings (SSSR count). The van der Waals surface area contributed by atoms with Crippen LogP contribution >= 0.6 is 0 Å². The predicted octanol–water partition coefficient (Wildman–Crippen LogP) is 2.70. The third-order valence-electron chi connectivity index (χ3n) is 2.98. The number of fused-ring (bicyclic) bond motifs is 1. The molecular formula is C13H16N2O. The quantitative estimate of drug-likeness (QED) is 0.857. The van der Waals surface area contributed by atoms with Gasteiger partial charge in [-0.2, -0.15) is 0 Å². The van der Waals surface area contributed by atoms with Crippen LogP contribution in [0.2, 0.25) is 0 Å². The van der Waals surface area contributed by atoms with E-state index in [2.05, 4.69) is 36.3 Å². The van der Waals surface area contributed by atoms with Gasteiger partial charge in [0.25, 0.3) is 0 Å². The van der Waals surface area contributed by atoms with Crippen LogP contribution in [-0.4, -0.2) is 11.0 Å². The van der Waals surface area contributed by atoms with Gasteiger partial charge in [0.05, 0.1) is 6.54 Å². The third-order valence-corrected chi connectivity index (χ3v) is 2.98. The molecule has 0 radical (unpaired) electrons. The van der Waals surface area contributed by atoms with E-state index in [0.29, 0.717) is 6.04 Å². The monoisotopic (exact) mass is 216 g/mol. The Morgan fingerprint density at radius 3 is 2.94 bits per heavy atom. The van der Waals surface area contributed by atoms with Crippen molar-refractivity contribution in [3.63, 3.8) is 0 Å². The molecule has 0 saturated heterocycles. The van der Waals surface area contributed by atoms with Crippen LogP contribution in [-0.2, 0) is 6.54 Å². The molecule has 1 fully saturated rings. The Morgan fingerprint density at radius 2 is 2.19 bits per heavy atom. The van der Waals surface area contributed by atoms with Crippen molar-refractivity contribution in [2.45, 2.75) is 39.3 Å². The molecule has 1 N–H and O–H groups in total. The number of hydrogen-bond acceptors (Lipinski definition) is 3. The van der Waals surface area contributed by atoms with E-state index < -0.39 is 0 Å². The summed E-state index contributed by atoms with van der Waals surface area (Å²) in [6.07, 6.45) is 2.58. The van der Waals surface area contributed by atoms with Crippen molar-refractivity contribution < 1.29 is 4.42 Å². The summed E-state index contributed by atoms with van der Waals surface area (Å²) in [4.78, 5) is 4.50. The first-order valence-electron chi connectivity index (χ1n) is 5.82. The minimum absolute atomic E-state index is 0.692. The molecule has 0 spiro atoms. The van der Waals surface area contributed by atoms with Gasteiger partial charge in [0.15, 0.2) is 5.58 Å². The van der Waals surface area contributed by atoms with Gasteiger partial charge in [0.2, 0.25) is 5.89 Å². The molecule has 84 valence electrons. The van der Waals surface area contributed by atoms with Crippen LogP contribution in [0.5, 0.6) is 0 Å². The third kappa shape index (κ3) is 1.83. The number of benzene rings is 1. The molecule has 1 aliphatic carbocycles. The number of rotatable bonds is 3. The van der Waals surface area contributed by atoms with Crippen molar-refractivity contribution in [1.82, 2.24) is 10.3 Å².